The van der Waals surface area contributed by atoms with Crippen molar-refractivity contribution in [2.24, 2.45) is 0 Å². The van der Waals surface area contributed by atoms with Crippen molar-refractivity contribution in [1.82, 2.24) is 0 Å². The number of aryl methyl sites for hydroxylation is 2. The van der Waals surface area contributed by atoms with Crippen LogP contribution in [0.25, 0.3) is 0 Å². The van der Waals surface area contributed by atoms with E-state index in [1.54, 1.807) is 12.1 Å². The van der Waals surface area contributed by atoms with Gasteiger partial charge in [-0.25, -0.2) is 4.79 Å². The van der Waals surface area contributed by atoms with E-state index in [2.05, 4.69) is 48.0 Å². The maximum atomic E-state index is 11.0. The zero-order chi connectivity index (χ0) is 14.9. The number of aromatic carboxylic acids is 1. The molecule has 0 aromatic heterocycles. The predicted octanol–water partition coefficient (Wildman–Crippen LogP) is 4.53. The van der Waals surface area contributed by atoms with Crippen molar-refractivity contribution in [3.05, 3.63) is 57.6 Å². The molecule has 2 rings (SSSR count). The van der Waals surface area contributed by atoms with E-state index in [-0.39, 0.29) is 5.56 Å². The average molecular weight is 334 g/mol. The summed E-state index contributed by atoms with van der Waals surface area (Å²) in [6.45, 7) is 4.13. The number of hydrogen-bond acceptors (Lipinski definition) is 2. The van der Waals surface area contributed by atoms with Gasteiger partial charge in [-0.05, 0) is 59.6 Å². The molecular formula is C16H16BrNO2. The van der Waals surface area contributed by atoms with E-state index in [0.717, 1.165) is 15.8 Å². The summed E-state index contributed by atoms with van der Waals surface area (Å²) in [4.78, 5) is 13.0. The molecule has 0 amide bonds. The van der Waals surface area contributed by atoms with Crippen LogP contribution in [0.3, 0.4) is 0 Å². The van der Waals surface area contributed by atoms with Gasteiger partial charge in [0.1, 0.15) is 0 Å². The lowest BCUT2D eigenvalue weighted by molar-refractivity contribution is 0.0697. The number of carboxylic acid groups (broad SMARTS) is 1. The monoisotopic (exact) mass is 333 g/mol. The highest BCUT2D eigenvalue weighted by molar-refractivity contribution is 9.10. The molecule has 0 bridgehead atoms. The molecule has 0 saturated carbocycles. The van der Waals surface area contributed by atoms with Crippen molar-refractivity contribution in [1.29, 1.82) is 0 Å². The van der Waals surface area contributed by atoms with Crippen LogP contribution in [0, 0.1) is 13.8 Å². The van der Waals surface area contributed by atoms with Gasteiger partial charge < -0.3 is 10.0 Å². The second-order valence-electron chi connectivity index (χ2n) is 4.82. The molecule has 0 heterocycles. The highest BCUT2D eigenvalue weighted by atomic mass is 79.9. The zero-order valence-corrected chi connectivity index (χ0v) is 13.2. The summed E-state index contributed by atoms with van der Waals surface area (Å²) >= 11 is 3.45. The van der Waals surface area contributed by atoms with Gasteiger partial charge >= 0.3 is 5.97 Å². The first-order valence-electron chi connectivity index (χ1n) is 6.24. The number of rotatable bonds is 3. The quantitative estimate of drug-likeness (QED) is 0.896. The summed E-state index contributed by atoms with van der Waals surface area (Å²) in [5.41, 5.74) is 4.71. The van der Waals surface area contributed by atoms with Crippen LogP contribution in [0.5, 0.6) is 0 Å². The first-order valence-corrected chi connectivity index (χ1v) is 7.03. The molecule has 2 aromatic carbocycles. The van der Waals surface area contributed by atoms with E-state index in [1.807, 2.05) is 18.0 Å². The minimum atomic E-state index is -0.925. The van der Waals surface area contributed by atoms with E-state index in [0.29, 0.717) is 0 Å². The van der Waals surface area contributed by atoms with Gasteiger partial charge in [0.05, 0.1) is 11.3 Å². The second kappa shape index (κ2) is 5.67. The summed E-state index contributed by atoms with van der Waals surface area (Å²) in [7, 11) is 1.97. The summed E-state index contributed by atoms with van der Waals surface area (Å²) in [5.74, 6) is -0.925. The fourth-order valence-electron chi connectivity index (χ4n) is 2.22. The van der Waals surface area contributed by atoms with Gasteiger partial charge in [-0.2, -0.15) is 0 Å². The first-order chi connectivity index (χ1) is 9.40. The number of benzene rings is 2. The minimum Gasteiger partial charge on any atom is -0.478 e. The van der Waals surface area contributed by atoms with E-state index in [1.165, 1.54) is 11.1 Å². The molecule has 104 valence electrons. The van der Waals surface area contributed by atoms with Crippen LogP contribution in [-0.4, -0.2) is 18.1 Å². The fourth-order valence-corrected chi connectivity index (χ4v) is 2.87. The van der Waals surface area contributed by atoms with Crippen LogP contribution >= 0.6 is 15.9 Å². The Morgan fingerprint density at radius 3 is 2.30 bits per heavy atom. The molecule has 0 unspecified atom stereocenters. The van der Waals surface area contributed by atoms with Crippen LogP contribution in [-0.2, 0) is 0 Å². The highest BCUT2D eigenvalue weighted by Crippen LogP contribution is 2.33. The third-order valence-corrected chi connectivity index (χ3v) is 3.90. The number of hydrogen-bond donors (Lipinski definition) is 1. The van der Waals surface area contributed by atoms with Crippen LogP contribution in [0.15, 0.2) is 40.9 Å². The Bertz CT molecular complexity index is 668. The third kappa shape index (κ3) is 2.85. The highest BCUT2D eigenvalue weighted by Gasteiger charge is 2.12. The number of carbonyl (C=O) groups is 1. The van der Waals surface area contributed by atoms with Crippen molar-refractivity contribution in [2.75, 3.05) is 11.9 Å². The van der Waals surface area contributed by atoms with Gasteiger partial charge in [-0.1, -0.05) is 17.7 Å². The summed E-state index contributed by atoms with van der Waals surface area (Å²) < 4.78 is 0.764. The van der Waals surface area contributed by atoms with Crippen molar-refractivity contribution >= 4 is 33.3 Å². The molecule has 3 nitrogen and oxygen atoms in total. The standard InChI is InChI=1S/C16H16BrNO2/c1-10-4-6-14(11(2)8-10)18(3)15-7-5-12(16(19)20)9-13(15)17/h4-9H,1-3H3,(H,19,20). The first kappa shape index (κ1) is 14.6. The zero-order valence-electron chi connectivity index (χ0n) is 11.6. The largest absolute Gasteiger partial charge is 0.478 e. The number of anilines is 2. The molecule has 4 heteroatoms. The van der Waals surface area contributed by atoms with Gasteiger partial charge in [0.15, 0.2) is 0 Å². The number of halogens is 1. The lowest BCUT2D eigenvalue weighted by Gasteiger charge is -2.23. The van der Waals surface area contributed by atoms with Crippen LogP contribution in [0.4, 0.5) is 11.4 Å². The number of nitrogens with zero attached hydrogens (tertiary/aromatic N) is 1. The Kier molecular flexibility index (Phi) is 4.14. The maximum absolute atomic E-state index is 11.0. The van der Waals surface area contributed by atoms with E-state index in [9.17, 15) is 4.79 Å². The topological polar surface area (TPSA) is 40.5 Å². The SMILES string of the molecule is Cc1ccc(N(C)c2ccc(C(=O)O)cc2Br)c(C)c1. The Morgan fingerprint density at radius 2 is 1.75 bits per heavy atom. The van der Waals surface area contributed by atoms with Crippen LogP contribution in [0.1, 0.15) is 21.5 Å². The molecule has 0 aliphatic heterocycles. The Labute approximate surface area is 127 Å². The van der Waals surface area contributed by atoms with Crippen molar-refractivity contribution in [2.45, 2.75) is 13.8 Å². The number of carboxylic acids is 1. The molecule has 0 spiro atoms. The smallest absolute Gasteiger partial charge is 0.335 e. The molecule has 1 N–H and O–H groups in total. The van der Waals surface area contributed by atoms with Gasteiger partial charge in [-0.3, -0.25) is 0 Å². The maximum Gasteiger partial charge on any atom is 0.335 e. The third-order valence-electron chi connectivity index (χ3n) is 3.27. The second-order valence-corrected chi connectivity index (χ2v) is 5.67. The average Bonchev–Trinajstić information content (AvgIpc) is 2.37. The van der Waals surface area contributed by atoms with E-state index < -0.39 is 5.97 Å². The molecule has 20 heavy (non-hydrogen) atoms. The summed E-state index contributed by atoms with van der Waals surface area (Å²) in [6.07, 6.45) is 0. The van der Waals surface area contributed by atoms with Gasteiger partial charge in [0.2, 0.25) is 0 Å². The minimum absolute atomic E-state index is 0.273. The molecule has 0 aliphatic carbocycles. The van der Waals surface area contributed by atoms with Gasteiger partial charge in [-0.15, -0.1) is 0 Å². The van der Waals surface area contributed by atoms with Crippen molar-refractivity contribution in [3.63, 3.8) is 0 Å². The summed E-state index contributed by atoms with van der Waals surface area (Å²) in [5, 5.41) is 9.00. The van der Waals surface area contributed by atoms with E-state index in [4.69, 9.17) is 5.11 Å². The molecule has 2 aromatic rings. The molecule has 0 saturated heterocycles. The van der Waals surface area contributed by atoms with Crippen molar-refractivity contribution < 1.29 is 9.90 Å². The lowest BCUT2D eigenvalue weighted by Crippen LogP contribution is -2.12. The lowest BCUT2D eigenvalue weighted by atomic mass is 10.1. The Hall–Kier alpha value is -1.81. The van der Waals surface area contributed by atoms with Crippen LogP contribution < -0.4 is 4.90 Å². The Balaban J connectivity index is 2.43. The van der Waals surface area contributed by atoms with Crippen molar-refractivity contribution in [3.8, 4) is 0 Å². The molecular weight excluding hydrogens is 318 g/mol. The molecule has 0 radical (unpaired) electrons. The molecule has 0 atom stereocenters. The normalized spacial score (nSPS) is 10.4. The molecule has 0 aliphatic rings. The van der Waals surface area contributed by atoms with Crippen LogP contribution in [0.2, 0.25) is 0 Å². The predicted molar refractivity (Wildman–Crippen MR) is 85.1 cm³/mol. The Morgan fingerprint density at radius 1 is 1.10 bits per heavy atom. The summed E-state index contributed by atoms with van der Waals surface area (Å²) in [6, 6.07) is 11.3. The van der Waals surface area contributed by atoms with E-state index >= 15 is 0 Å². The van der Waals surface area contributed by atoms with Gasteiger partial charge in [0.25, 0.3) is 0 Å². The van der Waals surface area contributed by atoms with Gasteiger partial charge in [0, 0.05) is 17.2 Å². The molecule has 0 fully saturated rings. The fraction of sp³-hybridized carbons (Fsp3) is 0.188.